The van der Waals surface area contributed by atoms with Gasteiger partial charge in [0.05, 0.1) is 14.2 Å². The third-order valence-corrected chi connectivity index (χ3v) is 5.56. The van der Waals surface area contributed by atoms with Gasteiger partial charge in [-0.3, -0.25) is 14.4 Å². The van der Waals surface area contributed by atoms with Crippen molar-refractivity contribution in [1.82, 2.24) is 19.7 Å². The van der Waals surface area contributed by atoms with Crippen molar-refractivity contribution in [3.05, 3.63) is 47.8 Å². The van der Waals surface area contributed by atoms with E-state index in [0.717, 1.165) is 5.56 Å². The molecule has 9 heteroatoms. The fraction of sp³-hybridized carbons (Fsp3) is 0.435. The molecule has 0 bridgehead atoms. The summed E-state index contributed by atoms with van der Waals surface area (Å²) in [5.74, 6) is 1.03. The van der Waals surface area contributed by atoms with E-state index in [2.05, 4.69) is 5.32 Å². The Morgan fingerprint density at radius 1 is 0.969 bits per heavy atom. The molecule has 2 aromatic rings. The standard InChI is InChI=1S/C23H30N4O5/c1-17(28)25-11-13-26(14-12-25)23(30)19-5-4-10-27(19)16-22(29)24-9-8-18-6-7-20(31-2)21(15-18)32-3/h4-7,10,15H,8-9,11-14,16H2,1-3H3,(H,24,29). The van der Waals surface area contributed by atoms with Gasteiger partial charge in [0.2, 0.25) is 11.8 Å². The molecule has 0 unspecified atom stereocenters. The van der Waals surface area contributed by atoms with E-state index in [4.69, 9.17) is 9.47 Å². The minimum absolute atomic E-state index is 0.0187. The summed E-state index contributed by atoms with van der Waals surface area (Å²) in [6.45, 7) is 4.09. The molecule has 1 saturated heterocycles. The second kappa shape index (κ2) is 10.7. The van der Waals surface area contributed by atoms with Crippen LogP contribution in [0.15, 0.2) is 36.5 Å². The van der Waals surface area contributed by atoms with Crippen LogP contribution in [0.3, 0.4) is 0 Å². The molecule has 1 aromatic heterocycles. The molecule has 2 heterocycles. The number of nitrogens with one attached hydrogen (secondary N) is 1. The summed E-state index contributed by atoms with van der Waals surface area (Å²) < 4.78 is 12.2. The summed E-state index contributed by atoms with van der Waals surface area (Å²) >= 11 is 0. The average molecular weight is 443 g/mol. The Morgan fingerprint density at radius 2 is 1.66 bits per heavy atom. The van der Waals surface area contributed by atoms with Crippen molar-refractivity contribution < 1.29 is 23.9 Å². The highest BCUT2D eigenvalue weighted by Crippen LogP contribution is 2.27. The maximum Gasteiger partial charge on any atom is 0.270 e. The van der Waals surface area contributed by atoms with Crippen LogP contribution in [-0.4, -0.2) is 79.0 Å². The molecule has 1 N–H and O–H groups in total. The number of aromatic nitrogens is 1. The number of nitrogens with zero attached hydrogens (tertiary/aromatic N) is 3. The molecule has 1 aliphatic rings. The number of carbonyl (C=O) groups is 3. The van der Waals surface area contributed by atoms with Gasteiger partial charge in [-0.1, -0.05) is 6.07 Å². The van der Waals surface area contributed by atoms with Gasteiger partial charge < -0.3 is 29.2 Å². The van der Waals surface area contributed by atoms with Crippen molar-refractivity contribution in [2.24, 2.45) is 0 Å². The van der Waals surface area contributed by atoms with Gasteiger partial charge in [-0.2, -0.15) is 0 Å². The van der Waals surface area contributed by atoms with E-state index in [1.165, 1.54) is 6.92 Å². The predicted molar refractivity (Wildman–Crippen MR) is 119 cm³/mol. The van der Waals surface area contributed by atoms with Crippen LogP contribution in [0.4, 0.5) is 0 Å². The molecular weight excluding hydrogens is 412 g/mol. The van der Waals surface area contributed by atoms with Crippen LogP contribution in [-0.2, 0) is 22.6 Å². The lowest BCUT2D eigenvalue weighted by Gasteiger charge is -2.34. The molecule has 3 amide bonds. The number of methoxy groups -OCH3 is 2. The Balaban J connectivity index is 1.51. The summed E-state index contributed by atoms with van der Waals surface area (Å²) in [6, 6.07) is 9.14. The van der Waals surface area contributed by atoms with Crippen LogP contribution in [0.25, 0.3) is 0 Å². The van der Waals surface area contributed by atoms with Crippen LogP contribution in [0.5, 0.6) is 11.5 Å². The van der Waals surface area contributed by atoms with Crippen LogP contribution in [0, 0.1) is 0 Å². The van der Waals surface area contributed by atoms with Crippen molar-refractivity contribution in [2.75, 3.05) is 46.9 Å². The molecule has 0 saturated carbocycles. The number of hydrogen-bond acceptors (Lipinski definition) is 5. The van der Waals surface area contributed by atoms with E-state index in [0.29, 0.717) is 56.3 Å². The van der Waals surface area contributed by atoms with Gasteiger partial charge in [0, 0.05) is 45.8 Å². The van der Waals surface area contributed by atoms with Crippen molar-refractivity contribution in [3.63, 3.8) is 0 Å². The van der Waals surface area contributed by atoms with Gasteiger partial charge in [-0.25, -0.2) is 0 Å². The van der Waals surface area contributed by atoms with Crippen molar-refractivity contribution in [1.29, 1.82) is 0 Å². The highest BCUT2D eigenvalue weighted by molar-refractivity contribution is 5.93. The predicted octanol–water partition coefficient (Wildman–Crippen LogP) is 1.17. The molecule has 32 heavy (non-hydrogen) atoms. The normalized spacial score (nSPS) is 13.6. The fourth-order valence-corrected chi connectivity index (χ4v) is 3.73. The maximum absolute atomic E-state index is 12.9. The first kappa shape index (κ1) is 23.2. The average Bonchev–Trinajstić information content (AvgIpc) is 3.26. The van der Waals surface area contributed by atoms with E-state index >= 15 is 0 Å². The zero-order valence-corrected chi connectivity index (χ0v) is 18.8. The van der Waals surface area contributed by atoms with Gasteiger partial charge in [-0.05, 0) is 36.2 Å². The molecular formula is C23H30N4O5. The summed E-state index contributed by atoms with van der Waals surface area (Å²) in [5.41, 5.74) is 1.49. The smallest absolute Gasteiger partial charge is 0.270 e. The Labute approximate surface area is 187 Å². The summed E-state index contributed by atoms with van der Waals surface area (Å²) in [6.07, 6.45) is 2.37. The number of rotatable bonds is 8. The SMILES string of the molecule is COc1ccc(CCNC(=O)Cn2cccc2C(=O)N2CCN(C(C)=O)CC2)cc1OC. The van der Waals surface area contributed by atoms with Crippen LogP contribution >= 0.6 is 0 Å². The number of hydrogen-bond donors (Lipinski definition) is 1. The Hall–Kier alpha value is -3.49. The van der Waals surface area contributed by atoms with Crippen molar-refractivity contribution in [3.8, 4) is 11.5 Å². The second-order valence-electron chi connectivity index (χ2n) is 7.61. The lowest BCUT2D eigenvalue weighted by molar-refractivity contribution is -0.130. The first-order valence-electron chi connectivity index (χ1n) is 10.6. The number of amides is 3. The molecule has 9 nitrogen and oxygen atoms in total. The quantitative estimate of drug-likeness (QED) is 0.663. The van der Waals surface area contributed by atoms with Crippen LogP contribution in [0.1, 0.15) is 23.0 Å². The topological polar surface area (TPSA) is 93.1 Å². The number of ether oxygens (including phenoxy) is 2. The minimum atomic E-state index is -0.169. The molecule has 0 atom stereocenters. The summed E-state index contributed by atoms with van der Waals surface area (Å²) in [5, 5.41) is 2.90. The lowest BCUT2D eigenvalue weighted by Crippen LogP contribution is -2.50. The molecule has 172 valence electrons. The Bertz CT molecular complexity index is 963. The molecule has 0 radical (unpaired) electrons. The first-order chi connectivity index (χ1) is 15.4. The van der Waals surface area contributed by atoms with Gasteiger partial charge >= 0.3 is 0 Å². The minimum Gasteiger partial charge on any atom is -0.493 e. The van der Waals surface area contributed by atoms with Gasteiger partial charge in [0.15, 0.2) is 11.5 Å². The number of carbonyl (C=O) groups excluding carboxylic acids is 3. The fourth-order valence-electron chi connectivity index (χ4n) is 3.73. The van der Waals surface area contributed by atoms with Gasteiger partial charge in [0.1, 0.15) is 12.2 Å². The first-order valence-corrected chi connectivity index (χ1v) is 10.6. The monoisotopic (exact) mass is 442 g/mol. The molecule has 0 aliphatic carbocycles. The Kier molecular flexibility index (Phi) is 7.75. The molecule has 1 aromatic carbocycles. The zero-order valence-electron chi connectivity index (χ0n) is 18.8. The highest BCUT2D eigenvalue weighted by Gasteiger charge is 2.25. The van der Waals surface area contributed by atoms with E-state index in [1.807, 2.05) is 18.2 Å². The van der Waals surface area contributed by atoms with E-state index < -0.39 is 0 Å². The largest absolute Gasteiger partial charge is 0.493 e. The molecule has 3 rings (SSSR count). The highest BCUT2D eigenvalue weighted by atomic mass is 16.5. The van der Waals surface area contributed by atoms with Crippen LogP contribution in [0.2, 0.25) is 0 Å². The van der Waals surface area contributed by atoms with Gasteiger partial charge in [-0.15, -0.1) is 0 Å². The maximum atomic E-state index is 12.9. The van der Waals surface area contributed by atoms with E-state index in [1.54, 1.807) is 46.9 Å². The summed E-state index contributed by atoms with van der Waals surface area (Å²) in [7, 11) is 3.17. The molecule has 1 aliphatic heterocycles. The third kappa shape index (κ3) is 5.60. The van der Waals surface area contributed by atoms with Gasteiger partial charge in [0.25, 0.3) is 5.91 Å². The molecule has 0 spiro atoms. The zero-order chi connectivity index (χ0) is 23.1. The summed E-state index contributed by atoms with van der Waals surface area (Å²) in [4.78, 5) is 40.3. The lowest BCUT2D eigenvalue weighted by atomic mass is 10.1. The number of piperazine rings is 1. The van der Waals surface area contributed by atoms with E-state index in [9.17, 15) is 14.4 Å². The second-order valence-corrected chi connectivity index (χ2v) is 7.61. The van der Waals surface area contributed by atoms with Crippen molar-refractivity contribution >= 4 is 17.7 Å². The molecule has 1 fully saturated rings. The Morgan fingerprint density at radius 3 is 2.31 bits per heavy atom. The van der Waals surface area contributed by atoms with Crippen molar-refractivity contribution in [2.45, 2.75) is 19.9 Å². The number of benzene rings is 1. The third-order valence-electron chi connectivity index (χ3n) is 5.56. The van der Waals surface area contributed by atoms with E-state index in [-0.39, 0.29) is 24.3 Å². The van der Waals surface area contributed by atoms with Crippen LogP contribution < -0.4 is 14.8 Å².